The molecule has 0 bridgehead atoms. The molecule has 0 aromatic heterocycles. The van der Waals surface area contributed by atoms with E-state index >= 15 is 0 Å². The van der Waals surface area contributed by atoms with Gasteiger partial charge in [0.15, 0.2) is 6.10 Å². The lowest BCUT2D eigenvalue weighted by Gasteiger charge is -2.30. The van der Waals surface area contributed by atoms with E-state index in [2.05, 4.69) is 0 Å². The van der Waals surface area contributed by atoms with Gasteiger partial charge in [0, 0.05) is 0 Å². The molecule has 176 valence electrons. The highest BCUT2D eigenvalue weighted by molar-refractivity contribution is 7.92. The van der Waals surface area contributed by atoms with Crippen molar-refractivity contribution >= 4 is 33.3 Å². The highest BCUT2D eigenvalue weighted by Gasteiger charge is 2.32. The first-order chi connectivity index (χ1) is 14.7. The largest absolute Gasteiger partial charge is 0.467 e. The number of hydrogen-bond acceptors (Lipinski definition) is 5. The molecule has 0 saturated carbocycles. The number of halogens is 2. The lowest BCUT2D eigenvalue weighted by atomic mass is 9.97. The van der Waals surface area contributed by atoms with Crippen molar-refractivity contribution in [2.45, 2.75) is 52.9 Å². The number of hydrogen-bond donors (Lipinski definition) is 0. The summed E-state index contributed by atoms with van der Waals surface area (Å²) in [6, 6.07) is 7.70. The van der Waals surface area contributed by atoms with E-state index in [1.54, 1.807) is 32.0 Å². The van der Waals surface area contributed by atoms with E-state index in [0.717, 1.165) is 10.6 Å². The number of esters is 1. The van der Waals surface area contributed by atoms with Crippen molar-refractivity contribution in [1.29, 1.82) is 0 Å². The minimum Gasteiger partial charge on any atom is -0.467 e. The van der Waals surface area contributed by atoms with Gasteiger partial charge < -0.3 is 9.47 Å². The molecule has 0 aliphatic rings. The number of carbonyl (C=O) groups excluding carboxylic acids is 1. The van der Waals surface area contributed by atoms with Crippen LogP contribution in [0.1, 0.15) is 49.1 Å². The van der Waals surface area contributed by atoms with Crippen LogP contribution in [0.4, 0.5) is 10.1 Å². The van der Waals surface area contributed by atoms with Gasteiger partial charge in [0.25, 0.3) is 0 Å². The Morgan fingerprint density at radius 2 is 1.84 bits per heavy atom. The van der Waals surface area contributed by atoms with Crippen LogP contribution in [0.25, 0.3) is 0 Å². The quantitative estimate of drug-likeness (QED) is 0.510. The summed E-state index contributed by atoms with van der Waals surface area (Å²) in [7, 11) is -2.53. The first kappa shape index (κ1) is 26.1. The van der Waals surface area contributed by atoms with Crippen molar-refractivity contribution in [3.8, 4) is 0 Å². The smallest absolute Gasteiger partial charge is 0.339 e. The van der Waals surface area contributed by atoms with Gasteiger partial charge in [0.05, 0.1) is 36.2 Å². The van der Waals surface area contributed by atoms with Gasteiger partial charge in [-0.25, -0.2) is 17.6 Å². The summed E-state index contributed by atoms with van der Waals surface area (Å²) in [5.74, 6) is -1.23. The number of carbonyl (C=O) groups is 1. The molecule has 0 spiro atoms. The highest BCUT2D eigenvalue weighted by atomic mass is 35.5. The molecule has 0 radical (unpaired) electrons. The van der Waals surface area contributed by atoms with Crippen LogP contribution in [0.3, 0.4) is 0 Å². The molecule has 0 fully saturated rings. The Hall–Kier alpha value is -2.16. The Labute approximate surface area is 194 Å². The van der Waals surface area contributed by atoms with Crippen molar-refractivity contribution in [1.82, 2.24) is 0 Å². The number of ether oxygens (including phenoxy) is 2. The number of sulfonamides is 1. The highest BCUT2D eigenvalue weighted by Crippen LogP contribution is 2.36. The number of rotatable bonds is 7. The zero-order valence-corrected chi connectivity index (χ0v) is 20.9. The van der Waals surface area contributed by atoms with E-state index in [9.17, 15) is 17.6 Å². The first-order valence-electron chi connectivity index (χ1n) is 9.93. The lowest BCUT2D eigenvalue weighted by Crippen LogP contribution is -2.32. The maximum Gasteiger partial charge on any atom is 0.339 e. The Morgan fingerprint density at radius 3 is 2.38 bits per heavy atom. The predicted molar refractivity (Wildman–Crippen MR) is 124 cm³/mol. The summed E-state index contributed by atoms with van der Waals surface area (Å²) in [5, 5.41) is -0.143. The van der Waals surface area contributed by atoms with Crippen LogP contribution in [0, 0.1) is 19.7 Å². The molecule has 0 N–H and O–H groups in total. The van der Waals surface area contributed by atoms with Gasteiger partial charge in [-0.2, -0.15) is 0 Å². The monoisotopic (exact) mass is 485 g/mol. The Morgan fingerprint density at radius 1 is 1.22 bits per heavy atom. The zero-order chi connectivity index (χ0) is 24.4. The van der Waals surface area contributed by atoms with Crippen molar-refractivity contribution in [3.05, 3.63) is 63.4 Å². The van der Waals surface area contributed by atoms with Crippen molar-refractivity contribution in [3.63, 3.8) is 0 Å². The van der Waals surface area contributed by atoms with Crippen LogP contribution in [0.5, 0.6) is 0 Å². The van der Waals surface area contributed by atoms with E-state index in [0.29, 0.717) is 27.9 Å². The van der Waals surface area contributed by atoms with Gasteiger partial charge in [-0.15, -0.1) is 0 Å². The average Bonchev–Trinajstić information content (AvgIpc) is 2.67. The van der Waals surface area contributed by atoms with Crippen LogP contribution >= 0.6 is 11.6 Å². The lowest BCUT2D eigenvalue weighted by molar-refractivity contribution is -0.164. The van der Waals surface area contributed by atoms with Crippen molar-refractivity contribution in [2.75, 3.05) is 17.7 Å². The molecule has 2 aromatic rings. The maximum absolute atomic E-state index is 14.0. The fourth-order valence-electron chi connectivity index (χ4n) is 3.30. The van der Waals surface area contributed by atoms with Gasteiger partial charge in [-0.05, 0) is 69.0 Å². The summed E-state index contributed by atoms with van der Waals surface area (Å²) < 4.78 is 51.5. The average molecular weight is 486 g/mol. The van der Waals surface area contributed by atoms with Crippen LogP contribution < -0.4 is 4.31 Å². The second-order valence-electron chi connectivity index (χ2n) is 8.61. The van der Waals surface area contributed by atoms with Crippen LogP contribution in [0.2, 0.25) is 5.02 Å². The van der Waals surface area contributed by atoms with E-state index in [1.807, 2.05) is 20.8 Å². The van der Waals surface area contributed by atoms with E-state index in [4.69, 9.17) is 21.1 Å². The third-order valence-corrected chi connectivity index (χ3v) is 6.30. The van der Waals surface area contributed by atoms with Crippen LogP contribution in [-0.4, -0.2) is 33.4 Å². The normalized spacial score (nSPS) is 13.0. The molecular formula is C23H29ClFNO5S. The molecule has 9 heteroatoms. The van der Waals surface area contributed by atoms with Crippen LogP contribution in [0.15, 0.2) is 30.3 Å². The topological polar surface area (TPSA) is 72.9 Å². The standard InChI is InChI=1S/C23H29ClFNO5S/c1-14-11-17(21(22(27)30-6)31-23(3,4)5)15(2)19(12-14)26(32(7,28)29)13-16-9-8-10-18(25)20(16)24/h8-12,21H,13H2,1-7H3/t21-/m0/s1. The summed E-state index contributed by atoms with van der Waals surface area (Å²) >= 11 is 6.08. The molecule has 0 amide bonds. The van der Waals surface area contributed by atoms with Crippen LogP contribution in [-0.2, 0) is 30.8 Å². The molecule has 0 heterocycles. The SMILES string of the molecule is COC(=O)[C@@H](OC(C)(C)C)c1cc(C)cc(N(Cc2cccc(F)c2Cl)S(C)(=O)=O)c1C. The first-order valence-corrected chi connectivity index (χ1v) is 12.2. The third-order valence-electron chi connectivity index (χ3n) is 4.75. The van der Waals surface area contributed by atoms with Gasteiger partial charge in [0.1, 0.15) is 5.82 Å². The second kappa shape index (κ2) is 9.77. The van der Waals surface area contributed by atoms with Crippen molar-refractivity contribution < 1.29 is 27.1 Å². The van der Waals surface area contributed by atoms with Gasteiger partial charge in [-0.3, -0.25) is 4.31 Å². The molecule has 0 aliphatic heterocycles. The fraction of sp³-hybridized carbons (Fsp3) is 0.435. The number of benzene rings is 2. The molecule has 0 aliphatic carbocycles. The summed E-state index contributed by atoms with van der Waals surface area (Å²) in [5.41, 5.74) is 1.71. The summed E-state index contributed by atoms with van der Waals surface area (Å²) in [6.45, 7) is 8.74. The zero-order valence-electron chi connectivity index (χ0n) is 19.3. The van der Waals surface area contributed by atoms with E-state index < -0.39 is 33.5 Å². The molecular weight excluding hydrogens is 457 g/mol. The second-order valence-corrected chi connectivity index (χ2v) is 10.9. The number of methoxy groups -OCH3 is 1. The van der Waals surface area contributed by atoms with Gasteiger partial charge >= 0.3 is 5.97 Å². The van der Waals surface area contributed by atoms with E-state index in [1.165, 1.54) is 19.2 Å². The summed E-state index contributed by atoms with van der Waals surface area (Å²) in [4.78, 5) is 12.6. The third kappa shape index (κ3) is 6.21. The van der Waals surface area contributed by atoms with Gasteiger partial charge in [-0.1, -0.05) is 29.8 Å². The van der Waals surface area contributed by atoms with Gasteiger partial charge in [0.2, 0.25) is 10.0 Å². The predicted octanol–water partition coefficient (Wildman–Crippen LogP) is 5.09. The molecule has 6 nitrogen and oxygen atoms in total. The Bertz CT molecular complexity index is 1110. The molecule has 1 atom stereocenters. The fourth-order valence-corrected chi connectivity index (χ4v) is 4.41. The molecule has 0 saturated heterocycles. The van der Waals surface area contributed by atoms with Crippen molar-refractivity contribution in [2.24, 2.45) is 0 Å². The molecule has 2 aromatic carbocycles. The Balaban J connectivity index is 2.69. The minimum absolute atomic E-state index is 0.143. The Kier molecular flexibility index (Phi) is 7.96. The number of anilines is 1. The molecule has 2 rings (SSSR count). The maximum atomic E-state index is 14.0. The molecule has 0 unspecified atom stereocenters. The number of nitrogens with zero attached hydrogens (tertiary/aromatic N) is 1. The number of aryl methyl sites for hydroxylation is 1. The van der Waals surface area contributed by atoms with E-state index in [-0.39, 0.29) is 11.6 Å². The molecule has 32 heavy (non-hydrogen) atoms. The summed E-state index contributed by atoms with van der Waals surface area (Å²) in [6.07, 6.45) is 0.00303. The minimum atomic E-state index is -3.79.